The Morgan fingerprint density at radius 1 is 1.04 bits per heavy atom. The highest BCUT2D eigenvalue weighted by Gasteiger charge is 2.24. The minimum absolute atomic E-state index is 0.0945. The summed E-state index contributed by atoms with van der Waals surface area (Å²) in [7, 11) is 0. The Kier molecular flexibility index (Phi) is 5.70. The smallest absolute Gasteiger partial charge is 0.293 e. The van der Waals surface area contributed by atoms with Crippen molar-refractivity contribution < 1.29 is 14.5 Å². The van der Waals surface area contributed by atoms with Gasteiger partial charge in [-0.15, -0.1) is 0 Å². The van der Waals surface area contributed by atoms with Gasteiger partial charge in [-0.2, -0.15) is 0 Å². The molecule has 0 aromatic heterocycles. The van der Waals surface area contributed by atoms with Crippen LogP contribution in [0.15, 0.2) is 46.9 Å². The third-order valence-corrected chi connectivity index (χ3v) is 4.98. The Balaban J connectivity index is 1.73. The molecule has 140 valence electrons. The largest absolute Gasteiger partial charge is 0.366 e. The van der Waals surface area contributed by atoms with E-state index < -0.39 is 16.7 Å². The Bertz CT molecular complexity index is 897. The summed E-state index contributed by atoms with van der Waals surface area (Å²) in [5.74, 6) is -1.13. The molecule has 8 nitrogen and oxygen atoms in total. The number of nitrogens with zero attached hydrogens (tertiary/aromatic N) is 2. The summed E-state index contributed by atoms with van der Waals surface area (Å²) in [5.41, 5.74) is 5.42. The predicted octanol–water partition coefficient (Wildman–Crippen LogP) is 3.03. The van der Waals surface area contributed by atoms with E-state index in [1.54, 1.807) is 30.3 Å². The minimum Gasteiger partial charge on any atom is -0.366 e. The molecule has 9 heteroatoms. The van der Waals surface area contributed by atoms with E-state index in [1.807, 2.05) is 4.90 Å². The predicted molar refractivity (Wildman–Crippen MR) is 104 cm³/mol. The zero-order valence-electron chi connectivity index (χ0n) is 14.3. The number of carbonyl (C=O) groups is 2. The van der Waals surface area contributed by atoms with Gasteiger partial charge >= 0.3 is 0 Å². The number of hydrogen-bond donors (Lipinski definition) is 2. The second-order valence-corrected chi connectivity index (χ2v) is 6.90. The maximum absolute atomic E-state index is 12.3. The third kappa shape index (κ3) is 4.25. The molecular formula is C18H17BrN4O4. The van der Waals surface area contributed by atoms with Gasteiger partial charge in [0, 0.05) is 29.2 Å². The molecule has 0 radical (unpaired) electrons. The van der Waals surface area contributed by atoms with Gasteiger partial charge in [-0.25, -0.2) is 0 Å². The second kappa shape index (κ2) is 8.17. The van der Waals surface area contributed by atoms with Gasteiger partial charge in [-0.3, -0.25) is 30.6 Å². The molecule has 1 saturated heterocycles. The van der Waals surface area contributed by atoms with E-state index in [0.29, 0.717) is 15.7 Å². The fourth-order valence-electron chi connectivity index (χ4n) is 2.93. The molecule has 3 rings (SSSR count). The van der Waals surface area contributed by atoms with E-state index in [-0.39, 0.29) is 11.3 Å². The SMILES string of the molecule is O=C(NNC(=O)c1ccccc1Br)c1ccc(N2CCCC2)c([N+](=O)[O-])c1. The number of hydrogen-bond acceptors (Lipinski definition) is 5. The average Bonchev–Trinajstić information content (AvgIpc) is 3.20. The summed E-state index contributed by atoms with van der Waals surface area (Å²) in [5, 5.41) is 11.4. The lowest BCUT2D eigenvalue weighted by Crippen LogP contribution is -2.41. The van der Waals surface area contributed by atoms with Gasteiger partial charge in [-0.1, -0.05) is 12.1 Å². The first-order valence-corrected chi connectivity index (χ1v) is 9.15. The number of anilines is 1. The zero-order valence-corrected chi connectivity index (χ0v) is 15.9. The van der Waals surface area contributed by atoms with Crippen molar-refractivity contribution in [3.8, 4) is 0 Å². The number of carbonyl (C=O) groups excluding carboxylic acids is 2. The molecule has 2 aromatic rings. The van der Waals surface area contributed by atoms with Gasteiger partial charge < -0.3 is 4.90 Å². The molecule has 0 saturated carbocycles. The first-order chi connectivity index (χ1) is 13.0. The summed E-state index contributed by atoms with van der Waals surface area (Å²) in [6.45, 7) is 1.52. The molecule has 0 bridgehead atoms. The van der Waals surface area contributed by atoms with Crippen LogP contribution in [0.1, 0.15) is 33.6 Å². The standard InChI is InChI=1S/C18H17BrN4O4/c19-14-6-2-1-5-13(14)18(25)21-20-17(24)12-7-8-15(16(11-12)23(26)27)22-9-3-4-10-22/h1-2,5-8,11H,3-4,9-10H2,(H,20,24)(H,21,25). The highest BCUT2D eigenvalue weighted by atomic mass is 79.9. The van der Waals surface area contributed by atoms with Gasteiger partial charge in [0.2, 0.25) is 0 Å². The number of amides is 2. The lowest BCUT2D eigenvalue weighted by atomic mass is 10.1. The Morgan fingerprint density at radius 2 is 1.70 bits per heavy atom. The van der Waals surface area contributed by atoms with Gasteiger partial charge in [-0.05, 0) is 53.0 Å². The first kappa shape index (κ1) is 18.8. The van der Waals surface area contributed by atoms with Crippen LogP contribution in [0.5, 0.6) is 0 Å². The van der Waals surface area contributed by atoms with Crippen LogP contribution >= 0.6 is 15.9 Å². The molecule has 2 amide bonds. The Hall–Kier alpha value is -2.94. The molecule has 0 spiro atoms. The van der Waals surface area contributed by atoms with E-state index >= 15 is 0 Å². The maximum atomic E-state index is 12.3. The van der Waals surface area contributed by atoms with Crippen LogP contribution in [0.4, 0.5) is 11.4 Å². The fourth-order valence-corrected chi connectivity index (χ4v) is 3.40. The zero-order chi connectivity index (χ0) is 19.4. The van der Waals surface area contributed by atoms with Gasteiger partial charge in [0.05, 0.1) is 10.5 Å². The third-order valence-electron chi connectivity index (χ3n) is 4.29. The molecule has 0 unspecified atom stereocenters. The van der Waals surface area contributed by atoms with Crippen molar-refractivity contribution in [3.05, 3.63) is 68.2 Å². The van der Waals surface area contributed by atoms with E-state index in [0.717, 1.165) is 25.9 Å². The molecule has 0 aliphatic carbocycles. The quantitative estimate of drug-likeness (QED) is 0.570. The van der Waals surface area contributed by atoms with E-state index in [1.165, 1.54) is 12.1 Å². The summed E-state index contributed by atoms with van der Waals surface area (Å²) in [6, 6.07) is 11.1. The Labute approximate surface area is 163 Å². The molecule has 1 aliphatic rings. The van der Waals surface area contributed by atoms with Crippen molar-refractivity contribution in [1.29, 1.82) is 0 Å². The molecule has 0 atom stereocenters. The minimum atomic E-state index is -0.633. The normalized spacial score (nSPS) is 13.3. The summed E-state index contributed by atoms with van der Waals surface area (Å²) in [4.78, 5) is 37.3. The highest BCUT2D eigenvalue weighted by molar-refractivity contribution is 9.10. The average molecular weight is 433 g/mol. The second-order valence-electron chi connectivity index (χ2n) is 6.04. The first-order valence-electron chi connectivity index (χ1n) is 8.36. The van der Waals surface area contributed by atoms with E-state index in [2.05, 4.69) is 26.8 Å². The molecule has 1 heterocycles. The molecule has 27 heavy (non-hydrogen) atoms. The van der Waals surface area contributed by atoms with Crippen LogP contribution in [0.25, 0.3) is 0 Å². The van der Waals surface area contributed by atoms with Crippen molar-refractivity contribution in [3.63, 3.8) is 0 Å². The van der Waals surface area contributed by atoms with Crippen molar-refractivity contribution in [2.75, 3.05) is 18.0 Å². The number of nitro groups is 1. The van der Waals surface area contributed by atoms with Crippen LogP contribution < -0.4 is 15.8 Å². The van der Waals surface area contributed by atoms with Crippen molar-refractivity contribution in [2.45, 2.75) is 12.8 Å². The Morgan fingerprint density at radius 3 is 2.37 bits per heavy atom. The van der Waals surface area contributed by atoms with Gasteiger partial charge in [0.15, 0.2) is 0 Å². The van der Waals surface area contributed by atoms with Crippen LogP contribution in [0.2, 0.25) is 0 Å². The van der Waals surface area contributed by atoms with E-state index in [9.17, 15) is 19.7 Å². The van der Waals surface area contributed by atoms with Crippen LogP contribution in [-0.2, 0) is 0 Å². The molecule has 2 aromatic carbocycles. The maximum Gasteiger partial charge on any atom is 0.293 e. The topological polar surface area (TPSA) is 105 Å². The molecule has 1 aliphatic heterocycles. The summed E-state index contributed by atoms with van der Waals surface area (Å²) in [6.07, 6.45) is 1.97. The summed E-state index contributed by atoms with van der Waals surface area (Å²) < 4.78 is 0.586. The molecule has 2 N–H and O–H groups in total. The van der Waals surface area contributed by atoms with Crippen molar-refractivity contribution >= 4 is 39.1 Å². The van der Waals surface area contributed by atoms with Crippen molar-refractivity contribution in [2.24, 2.45) is 0 Å². The number of halogens is 1. The van der Waals surface area contributed by atoms with Crippen LogP contribution in [0, 0.1) is 10.1 Å². The number of hydrazine groups is 1. The number of nitrogens with one attached hydrogen (secondary N) is 2. The van der Waals surface area contributed by atoms with Gasteiger partial charge in [0.25, 0.3) is 17.5 Å². The lowest BCUT2D eigenvalue weighted by molar-refractivity contribution is -0.384. The number of benzene rings is 2. The fraction of sp³-hybridized carbons (Fsp3) is 0.222. The molecule has 1 fully saturated rings. The van der Waals surface area contributed by atoms with Crippen molar-refractivity contribution in [1.82, 2.24) is 10.9 Å². The monoisotopic (exact) mass is 432 g/mol. The van der Waals surface area contributed by atoms with Gasteiger partial charge in [0.1, 0.15) is 5.69 Å². The molecular weight excluding hydrogens is 416 g/mol. The number of rotatable bonds is 4. The highest BCUT2D eigenvalue weighted by Crippen LogP contribution is 2.31. The van der Waals surface area contributed by atoms with Crippen LogP contribution in [0.3, 0.4) is 0 Å². The van der Waals surface area contributed by atoms with Crippen LogP contribution in [-0.4, -0.2) is 29.8 Å². The van der Waals surface area contributed by atoms with E-state index in [4.69, 9.17) is 0 Å². The number of nitro benzene ring substituents is 1. The summed E-state index contributed by atoms with van der Waals surface area (Å²) >= 11 is 3.26. The lowest BCUT2D eigenvalue weighted by Gasteiger charge is -2.17.